The Kier molecular flexibility index (Phi) is 4.47. The molecule has 1 unspecified atom stereocenters. The first kappa shape index (κ1) is 14.8. The fourth-order valence-electron chi connectivity index (χ4n) is 2.87. The highest BCUT2D eigenvalue weighted by atomic mass is 35.5. The van der Waals surface area contributed by atoms with Crippen molar-refractivity contribution in [3.63, 3.8) is 0 Å². The topological polar surface area (TPSA) is 50.6 Å². The molecule has 0 spiro atoms. The van der Waals surface area contributed by atoms with E-state index in [2.05, 4.69) is 9.88 Å². The van der Waals surface area contributed by atoms with Crippen molar-refractivity contribution < 1.29 is 9.53 Å². The fourth-order valence-corrected chi connectivity index (χ4v) is 3.02. The highest BCUT2D eigenvalue weighted by molar-refractivity contribution is 6.29. The Morgan fingerprint density at radius 3 is 2.76 bits per heavy atom. The standard InChI is InChI=1S/C14H21ClN4O2/c1-17-12(15)9-16-13(17)10-18-4-6-19(7-5-18)14(20)11-3-2-8-21-11/h9,11H,2-8,10H2,1H3. The van der Waals surface area contributed by atoms with Crippen LogP contribution in [0.3, 0.4) is 0 Å². The van der Waals surface area contributed by atoms with Gasteiger partial charge in [0.2, 0.25) is 0 Å². The molecule has 0 N–H and O–H groups in total. The molecule has 0 aromatic carbocycles. The van der Waals surface area contributed by atoms with E-state index in [1.807, 2.05) is 16.5 Å². The summed E-state index contributed by atoms with van der Waals surface area (Å²) in [6, 6.07) is 0. The van der Waals surface area contributed by atoms with Crippen LogP contribution in [0.5, 0.6) is 0 Å². The van der Waals surface area contributed by atoms with Crippen LogP contribution in [0.15, 0.2) is 6.20 Å². The minimum absolute atomic E-state index is 0.159. The number of piperazine rings is 1. The maximum Gasteiger partial charge on any atom is 0.251 e. The van der Waals surface area contributed by atoms with Gasteiger partial charge in [0.05, 0.1) is 12.7 Å². The number of ether oxygens (including phenoxy) is 1. The van der Waals surface area contributed by atoms with Gasteiger partial charge in [0.15, 0.2) is 0 Å². The number of hydrogen-bond acceptors (Lipinski definition) is 4. The lowest BCUT2D eigenvalue weighted by Gasteiger charge is -2.35. The van der Waals surface area contributed by atoms with Crippen LogP contribution in [0.4, 0.5) is 0 Å². The molecule has 7 heteroatoms. The molecule has 116 valence electrons. The van der Waals surface area contributed by atoms with Gasteiger partial charge in [-0.2, -0.15) is 0 Å². The van der Waals surface area contributed by atoms with Crippen LogP contribution in [0.1, 0.15) is 18.7 Å². The smallest absolute Gasteiger partial charge is 0.251 e. The zero-order valence-electron chi connectivity index (χ0n) is 12.3. The first-order valence-electron chi connectivity index (χ1n) is 7.44. The molecule has 3 rings (SSSR count). The average Bonchev–Trinajstić information content (AvgIpc) is 3.13. The summed E-state index contributed by atoms with van der Waals surface area (Å²) in [7, 11) is 1.92. The molecule has 21 heavy (non-hydrogen) atoms. The molecule has 1 atom stereocenters. The second-order valence-corrected chi connectivity index (χ2v) is 6.05. The minimum atomic E-state index is -0.204. The Hall–Kier alpha value is -1.11. The Morgan fingerprint density at radius 1 is 1.43 bits per heavy atom. The van der Waals surface area contributed by atoms with Gasteiger partial charge >= 0.3 is 0 Å². The predicted octanol–water partition coefficient (Wildman–Crippen LogP) is 0.897. The second kappa shape index (κ2) is 6.34. The summed E-state index contributed by atoms with van der Waals surface area (Å²) in [6.45, 7) is 4.74. The van der Waals surface area contributed by atoms with Gasteiger partial charge in [0.1, 0.15) is 17.1 Å². The van der Waals surface area contributed by atoms with Crippen molar-refractivity contribution in [2.45, 2.75) is 25.5 Å². The van der Waals surface area contributed by atoms with Crippen LogP contribution in [0, 0.1) is 0 Å². The summed E-state index contributed by atoms with van der Waals surface area (Å²) >= 11 is 6.00. The van der Waals surface area contributed by atoms with E-state index in [1.54, 1.807) is 6.20 Å². The van der Waals surface area contributed by atoms with E-state index in [9.17, 15) is 4.79 Å². The molecule has 1 amide bonds. The molecule has 2 aliphatic heterocycles. The van der Waals surface area contributed by atoms with Gasteiger partial charge in [0, 0.05) is 39.8 Å². The third kappa shape index (κ3) is 3.22. The average molecular weight is 313 g/mol. The number of rotatable bonds is 3. The highest BCUT2D eigenvalue weighted by Crippen LogP contribution is 2.17. The Labute approximate surface area is 129 Å². The Balaban J connectivity index is 1.50. The van der Waals surface area contributed by atoms with Crippen molar-refractivity contribution in [2.24, 2.45) is 7.05 Å². The van der Waals surface area contributed by atoms with Crippen LogP contribution in [0.2, 0.25) is 5.15 Å². The molecule has 6 nitrogen and oxygen atoms in total. The number of aromatic nitrogens is 2. The van der Waals surface area contributed by atoms with E-state index >= 15 is 0 Å². The van der Waals surface area contributed by atoms with Crippen molar-refractivity contribution in [1.82, 2.24) is 19.4 Å². The third-order valence-electron chi connectivity index (χ3n) is 4.28. The van der Waals surface area contributed by atoms with Crippen LogP contribution in [-0.4, -0.2) is 64.1 Å². The van der Waals surface area contributed by atoms with Crippen LogP contribution in [-0.2, 0) is 23.1 Å². The van der Waals surface area contributed by atoms with Crippen molar-refractivity contribution in [2.75, 3.05) is 32.8 Å². The van der Waals surface area contributed by atoms with Gasteiger partial charge in [-0.3, -0.25) is 9.69 Å². The summed E-state index contributed by atoms with van der Waals surface area (Å²) < 4.78 is 7.37. The molecule has 3 heterocycles. The van der Waals surface area contributed by atoms with Crippen molar-refractivity contribution >= 4 is 17.5 Å². The number of halogens is 1. The Morgan fingerprint density at radius 2 is 2.19 bits per heavy atom. The molecule has 0 radical (unpaired) electrons. The zero-order chi connectivity index (χ0) is 14.8. The summed E-state index contributed by atoms with van der Waals surface area (Å²) in [4.78, 5) is 20.8. The van der Waals surface area contributed by atoms with E-state index in [-0.39, 0.29) is 12.0 Å². The van der Waals surface area contributed by atoms with E-state index in [4.69, 9.17) is 16.3 Å². The zero-order valence-corrected chi connectivity index (χ0v) is 13.1. The summed E-state index contributed by atoms with van der Waals surface area (Å²) in [5, 5.41) is 0.650. The van der Waals surface area contributed by atoms with E-state index < -0.39 is 0 Å². The van der Waals surface area contributed by atoms with Gasteiger partial charge in [-0.15, -0.1) is 0 Å². The minimum Gasteiger partial charge on any atom is -0.368 e. The van der Waals surface area contributed by atoms with Crippen molar-refractivity contribution in [3.05, 3.63) is 17.2 Å². The van der Waals surface area contributed by atoms with E-state index in [1.165, 1.54) is 0 Å². The summed E-state index contributed by atoms with van der Waals surface area (Å²) in [5.74, 6) is 1.12. The fraction of sp³-hybridized carbons (Fsp3) is 0.714. The van der Waals surface area contributed by atoms with Crippen molar-refractivity contribution in [3.8, 4) is 0 Å². The molecular weight excluding hydrogens is 292 g/mol. The SMILES string of the molecule is Cn1c(Cl)cnc1CN1CCN(C(=O)C2CCCO2)CC1. The molecule has 1 aromatic heterocycles. The van der Waals surface area contributed by atoms with Gasteiger partial charge < -0.3 is 14.2 Å². The van der Waals surface area contributed by atoms with Gasteiger partial charge in [0.25, 0.3) is 5.91 Å². The quantitative estimate of drug-likeness (QED) is 0.832. The summed E-state index contributed by atoms with van der Waals surface area (Å²) in [5.41, 5.74) is 0. The molecule has 1 aromatic rings. The van der Waals surface area contributed by atoms with Gasteiger partial charge in [-0.05, 0) is 12.8 Å². The molecule has 0 bridgehead atoms. The largest absolute Gasteiger partial charge is 0.368 e. The molecule has 2 fully saturated rings. The van der Waals surface area contributed by atoms with E-state index in [0.29, 0.717) is 5.15 Å². The molecule has 2 aliphatic rings. The number of carbonyl (C=O) groups is 1. The first-order chi connectivity index (χ1) is 10.1. The lowest BCUT2D eigenvalue weighted by molar-refractivity contribution is -0.142. The maximum absolute atomic E-state index is 12.3. The lowest BCUT2D eigenvalue weighted by Crippen LogP contribution is -2.51. The normalized spacial score (nSPS) is 23.7. The number of imidazole rings is 1. The predicted molar refractivity (Wildman–Crippen MR) is 79.0 cm³/mol. The number of hydrogen-bond donors (Lipinski definition) is 0. The van der Waals surface area contributed by atoms with Gasteiger partial charge in [-0.25, -0.2) is 4.98 Å². The summed E-state index contributed by atoms with van der Waals surface area (Å²) in [6.07, 6.45) is 3.33. The number of nitrogens with zero attached hydrogens (tertiary/aromatic N) is 4. The molecule has 0 saturated carbocycles. The van der Waals surface area contributed by atoms with Crippen LogP contribution >= 0.6 is 11.6 Å². The third-order valence-corrected chi connectivity index (χ3v) is 4.63. The van der Waals surface area contributed by atoms with Gasteiger partial charge in [-0.1, -0.05) is 11.6 Å². The highest BCUT2D eigenvalue weighted by Gasteiger charge is 2.30. The molecular formula is C14H21ClN4O2. The molecule has 2 saturated heterocycles. The maximum atomic E-state index is 12.3. The Bertz CT molecular complexity index is 505. The van der Waals surface area contributed by atoms with Crippen molar-refractivity contribution in [1.29, 1.82) is 0 Å². The van der Waals surface area contributed by atoms with Crippen LogP contribution in [0.25, 0.3) is 0 Å². The monoisotopic (exact) mass is 312 g/mol. The molecule has 0 aliphatic carbocycles. The number of amides is 1. The van der Waals surface area contributed by atoms with Crippen LogP contribution < -0.4 is 0 Å². The second-order valence-electron chi connectivity index (χ2n) is 5.66. The lowest BCUT2D eigenvalue weighted by atomic mass is 10.2. The van der Waals surface area contributed by atoms with E-state index in [0.717, 1.165) is 58.0 Å². The number of carbonyl (C=O) groups excluding carboxylic acids is 1. The first-order valence-corrected chi connectivity index (χ1v) is 7.82.